The van der Waals surface area contributed by atoms with Crippen molar-refractivity contribution in [2.24, 2.45) is 0 Å². The number of nitrogens with zero attached hydrogens (tertiary/aromatic N) is 4. The van der Waals surface area contributed by atoms with Crippen LogP contribution in [0.2, 0.25) is 0 Å². The molecule has 43 heavy (non-hydrogen) atoms. The Morgan fingerprint density at radius 1 is 1.00 bits per heavy atom. The van der Waals surface area contributed by atoms with Crippen molar-refractivity contribution in [1.29, 1.82) is 0 Å². The molecular weight excluding hydrogens is 562 g/mol. The monoisotopic (exact) mass is 603 g/mol. The Hall–Kier alpha value is -3.63. The molecule has 0 aliphatic carbocycles. The van der Waals surface area contributed by atoms with Crippen molar-refractivity contribution in [2.45, 2.75) is 52.2 Å². The van der Waals surface area contributed by atoms with E-state index in [4.69, 9.17) is 14.5 Å². The lowest BCUT2D eigenvalue weighted by molar-refractivity contribution is 0.0240. The highest BCUT2D eigenvalue weighted by molar-refractivity contribution is 7.19. The van der Waals surface area contributed by atoms with Crippen LogP contribution in [-0.4, -0.2) is 85.5 Å². The summed E-state index contributed by atoms with van der Waals surface area (Å²) >= 11 is 1.59. The molecule has 0 saturated carbocycles. The zero-order valence-corrected chi connectivity index (χ0v) is 26.6. The summed E-state index contributed by atoms with van der Waals surface area (Å²) in [6, 6.07) is 12.7. The molecule has 0 spiro atoms. The standard InChI is InChI=1S/C33H41N5O4S/c1-32(2,3)42-31(40)38-13-11-36(12-14-38)24-8-6-7-22(19-24)26-20-23(9-10-34-26)27-25-21-33(4,5)35-29(39)28(25)43-30(27)37-15-17-41-18-16-37/h6-10,19-20H,11-18,21H2,1-5H3,(H,35,39). The molecule has 0 unspecified atom stereocenters. The second-order valence-electron chi connectivity index (χ2n) is 13.1. The maximum atomic E-state index is 13.2. The fraction of sp³-hybridized carbons (Fsp3) is 0.485. The van der Waals surface area contributed by atoms with Crippen LogP contribution < -0.4 is 15.1 Å². The first-order valence-electron chi connectivity index (χ1n) is 15.1. The molecule has 228 valence electrons. The fourth-order valence-corrected chi connectivity index (χ4v) is 7.31. The van der Waals surface area contributed by atoms with E-state index in [-0.39, 0.29) is 17.5 Å². The predicted molar refractivity (Wildman–Crippen MR) is 171 cm³/mol. The fourth-order valence-electron chi connectivity index (χ4n) is 6.02. The number of morpholine rings is 1. The van der Waals surface area contributed by atoms with Gasteiger partial charge in [0.05, 0.1) is 23.8 Å². The lowest BCUT2D eigenvalue weighted by Gasteiger charge is -2.36. The maximum absolute atomic E-state index is 13.2. The molecule has 3 aliphatic heterocycles. The number of fused-ring (bicyclic) bond motifs is 1. The molecule has 5 heterocycles. The van der Waals surface area contributed by atoms with Crippen molar-refractivity contribution in [3.8, 4) is 22.4 Å². The second-order valence-corrected chi connectivity index (χ2v) is 14.1. The molecule has 0 radical (unpaired) electrons. The Labute approximate surface area is 257 Å². The first-order valence-corrected chi connectivity index (χ1v) is 15.9. The van der Waals surface area contributed by atoms with Crippen molar-refractivity contribution in [2.75, 3.05) is 62.3 Å². The van der Waals surface area contributed by atoms with Gasteiger partial charge in [-0.15, -0.1) is 11.3 Å². The van der Waals surface area contributed by atoms with Crippen molar-refractivity contribution in [1.82, 2.24) is 15.2 Å². The van der Waals surface area contributed by atoms with E-state index < -0.39 is 5.60 Å². The summed E-state index contributed by atoms with van der Waals surface area (Å²) in [5.41, 5.74) is 5.54. The van der Waals surface area contributed by atoms with Crippen LogP contribution in [0.25, 0.3) is 22.4 Å². The lowest BCUT2D eigenvalue weighted by Crippen LogP contribution is -2.50. The lowest BCUT2D eigenvalue weighted by atomic mass is 9.87. The minimum absolute atomic E-state index is 0.00533. The molecule has 3 aliphatic rings. The molecule has 2 saturated heterocycles. The number of thiophene rings is 1. The Kier molecular flexibility index (Phi) is 7.85. The number of carbonyl (C=O) groups is 2. The highest BCUT2D eigenvalue weighted by atomic mass is 32.1. The van der Waals surface area contributed by atoms with Crippen LogP contribution in [0.5, 0.6) is 0 Å². The number of aromatic nitrogens is 1. The number of hydrogen-bond acceptors (Lipinski definition) is 8. The Balaban J connectivity index is 1.28. The SMILES string of the molecule is CC1(C)Cc2c(sc(N3CCOCC3)c2-c2ccnc(-c3cccc(N4CCN(C(=O)OC(C)(C)C)CC4)c3)c2)C(=O)N1. The molecule has 6 rings (SSSR count). The first-order chi connectivity index (χ1) is 20.5. The van der Waals surface area contributed by atoms with E-state index in [1.54, 1.807) is 16.2 Å². The number of hydrogen-bond donors (Lipinski definition) is 1. The minimum atomic E-state index is -0.502. The second kappa shape index (κ2) is 11.5. The molecule has 10 heteroatoms. The summed E-state index contributed by atoms with van der Waals surface area (Å²) in [7, 11) is 0. The van der Waals surface area contributed by atoms with Gasteiger partial charge in [0, 0.05) is 67.8 Å². The summed E-state index contributed by atoms with van der Waals surface area (Å²) in [5.74, 6) is 0.00533. The number of anilines is 2. The van der Waals surface area contributed by atoms with Gasteiger partial charge in [0.2, 0.25) is 0 Å². The molecule has 2 aromatic heterocycles. The average Bonchev–Trinajstić information content (AvgIpc) is 3.36. The summed E-state index contributed by atoms with van der Waals surface area (Å²) in [6.45, 7) is 15.5. The molecule has 0 bridgehead atoms. The van der Waals surface area contributed by atoms with Crippen LogP contribution in [0.4, 0.5) is 15.5 Å². The van der Waals surface area contributed by atoms with Gasteiger partial charge in [-0.05, 0) is 76.4 Å². The molecule has 0 atom stereocenters. The number of piperazine rings is 1. The van der Waals surface area contributed by atoms with Gasteiger partial charge < -0.3 is 29.5 Å². The first kappa shape index (κ1) is 29.4. The van der Waals surface area contributed by atoms with Crippen LogP contribution in [0, 0.1) is 0 Å². The number of amides is 2. The van der Waals surface area contributed by atoms with Gasteiger partial charge in [0.1, 0.15) is 10.6 Å². The quantitative estimate of drug-likeness (QED) is 0.425. The van der Waals surface area contributed by atoms with Crippen LogP contribution >= 0.6 is 11.3 Å². The van der Waals surface area contributed by atoms with E-state index in [1.165, 1.54) is 0 Å². The van der Waals surface area contributed by atoms with Gasteiger partial charge in [-0.2, -0.15) is 0 Å². The zero-order valence-electron chi connectivity index (χ0n) is 25.7. The van der Waals surface area contributed by atoms with Crippen molar-refractivity contribution < 1.29 is 19.1 Å². The van der Waals surface area contributed by atoms with E-state index in [1.807, 2.05) is 27.0 Å². The number of benzene rings is 1. The Bertz CT molecular complexity index is 1510. The van der Waals surface area contributed by atoms with Gasteiger partial charge in [-0.1, -0.05) is 12.1 Å². The normalized spacial score (nSPS) is 18.7. The molecular formula is C33H41N5O4S. The van der Waals surface area contributed by atoms with Crippen LogP contribution in [-0.2, 0) is 15.9 Å². The Morgan fingerprint density at radius 2 is 1.74 bits per heavy atom. The molecule has 1 aromatic carbocycles. The number of carbonyl (C=O) groups excluding carboxylic acids is 2. The van der Waals surface area contributed by atoms with Crippen molar-refractivity contribution >= 4 is 34.0 Å². The highest BCUT2D eigenvalue weighted by Crippen LogP contribution is 2.46. The molecule has 9 nitrogen and oxygen atoms in total. The summed E-state index contributed by atoms with van der Waals surface area (Å²) in [6.07, 6.45) is 2.39. The number of nitrogens with one attached hydrogen (secondary N) is 1. The van der Waals surface area contributed by atoms with Crippen molar-refractivity contribution in [3.63, 3.8) is 0 Å². The maximum Gasteiger partial charge on any atom is 0.410 e. The molecule has 1 N–H and O–H groups in total. The Morgan fingerprint density at radius 3 is 2.47 bits per heavy atom. The van der Waals surface area contributed by atoms with E-state index in [9.17, 15) is 9.59 Å². The van der Waals surface area contributed by atoms with Gasteiger partial charge in [-0.25, -0.2) is 4.79 Å². The third-order valence-corrected chi connectivity index (χ3v) is 9.34. The summed E-state index contributed by atoms with van der Waals surface area (Å²) < 4.78 is 11.2. The van der Waals surface area contributed by atoms with E-state index in [2.05, 4.69) is 65.4 Å². The van der Waals surface area contributed by atoms with Gasteiger partial charge in [0.25, 0.3) is 5.91 Å². The smallest absolute Gasteiger partial charge is 0.410 e. The highest BCUT2D eigenvalue weighted by Gasteiger charge is 2.36. The number of pyridine rings is 1. The molecule has 2 fully saturated rings. The minimum Gasteiger partial charge on any atom is -0.444 e. The van der Waals surface area contributed by atoms with Gasteiger partial charge >= 0.3 is 6.09 Å². The largest absolute Gasteiger partial charge is 0.444 e. The van der Waals surface area contributed by atoms with Crippen LogP contribution in [0.15, 0.2) is 42.6 Å². The zero-order chi connectivity index (χ0) is 30.4. The third kappa shape index (κ3) is 6.35. The predicted octanol–water partition coefficient (Wildman–Crippen LogP) is 5.44. The number of rotatable bonds is 4. The average molecular weight is 604 g/mol. The van der Waals surface area contributed by atoms with Gasteiger partial charge in [-0.3, -0.25) is 9.78 Å². The van der Waals surface area contributed by atoms with E-state index in [0.717, 1.165) is 76.1 Å². The van der Waals surface area contributed by atoms with Gasteiger partial charge in [0.15, 0.2) is 0 Å². The summed E-state index contributed by atoms with van der Waals surface area (Å²) in [4.78, 5) is 37.8. The van der Waals surface area contributed by atoms with E-state index in [0.29, 0.717) is 26.3 Å². The van der Waals surface area contributed by atoms with Crippen LogP contribution in [0.3, 0.4) is 0 Å². The molecule has 2 amide bonds. The topological polar surface area (TPSA) is 87.2 Å². The molecule has 3 aromatic rings. The van der Waals surface area contributed by atoms with E-state index >= 15 is 0 Å². The number of ether oxygens (including phenoxy) is 2. The van der Waals surface area contributed by atoms with Crippen LogP contribution in [0.1, 0.15) is 49.9 Å². The summed E-state index contributed by atoms with van der Waals surface area (Å²) in [5, 5.41) is 4.32. The third-order valence-electron chi connectivity index (χ3n) is 8.05. The van der Waals surface area contributed by atoms with Crippen molar-refractivity contribution in [3.05, 3.63) is 53.0 Å².